The molecule has 5 nitrogen and oxygen atoms in total. The Kier molecular flexibility index (Phi) is 7.42. The van der Waals surface area contributed by atoms with E-state index in [9.17, 15) is 14.0 Å². The molecule has 1 N–H and O–H groups in total. The van der Waals surface area contributed by atoms with Gasteiger partial charge in [0.1, 0.15) is 5.82 Å². The van der Waals surface area contributed by atoms with E-state index in [1.807, 2.05) is 24.3 Å². The van der Waals surface area contributed by atoms with Gasteiger partial charge in [-0.1, -0.05) is 53.7 Å². The van der Waals surface area contributed by atoms with E-state index in [-0.39, 0.29) is 17.3 Å². The van der Waals surface area contributed by atoms with E-state index >= 15 is 0 Å². The lowest BCUT2D eigenvalue weighted by Crippen LogP contribution is -2.23. The SMILES string of the molecule is O=C(CCCSc1nc2ccccc2c(=O)n1-c1cccc(Cl)c1)NCc1ccc(F)cc1. The molecule has 33 heavy (non-hydrogen) atoms. The second-order valence-corrected chi connectivity index (χ2v) is 8.89. The van der Waals surface area contributed by atoms with Gasteiger partial charge in [0.15, 0.2) is 5.16 Å². The van der Waals surface area contributed by atoms with Crippen molar-refractivity contribution in [2.24, 2.45) is 0 Å². The van der Waals surface area contributed by atoms with Crippen LogP contribution >= 0.6 is 23.4 Å². The van der Waals surface area contributed by atoms with Crippen LogP contribution in [-0.2, 0) is 11.3 Å². The highest BCUT2D eigenvalue weighted by atomic mass is 35.5. The van der Waals surface area contributed by atoms with Crippen molar-refractivity contribution in [1.29, 1.82) is 0 Å². The number of fused-ring (bicyclic) bond motifs is 1. The van der Waals surface area contributed by atoms with Crippen LogP contribution in [0.25, 0.3) is 16.6 Å². The maximum Gasteiger partial charge on any atom is 0.266 e. The molecular weight excluding hydrogens is 461 g/mol. The number of carbonyl (C=O) groups is 1. The Balaban J connectivity index is 1.43. The fourth-order valence-electron chi connectivity index (χ4n) is 3.34. The predicted octanol–water partition coefficient (Wildman–Crippen LogP) is 5.37. The van der Waals surface area contributed by atoms with Crippen LogP contribution in [0.15, 0.2) is 82.7 Å². The number of rotatable bonds is 8. The topological polar surface area (TPSA) is 64.0 Å². The Morgan fingerprint density at radius 2 is 1.85 bits per heavy atom. The highest BCUT2D eigenvalue weighted by Gasteiger charge is 2.14. The number of para-hydroxylation sites is 1. The zero-order valence-corrected chi connectivity index (χ0v) is 19.2. The van der Waals surface area contributed by atoms with Crippen LogP contribution in [0.5, 0.6) is 0 Å². The van der Waals surface area contributed by atoms with Gasteiger partial charge in [-0.2, -0.15) is 0 Å². The molecule has 4 rings (SSSR count). The van der Waals surface area contributed by atoms with Crippen molar-refractivity contribution >= 4 is 40.2 Å². The average Bonchev–Trinajstić information content (AvgIpc) is 2.81. The van der Waals surface area contributed by atoms with E-state index in [1.165, 1.54) is 23.9 Å². The summed E-state index contributed by atoms with van der Waals surface area (Å²) in [7, 11) is 0. The quantitative estimate of drug-likeness (QED) is 0.209. The van der Waals surface area contributed by atoms with Crippen molar-refractivity contribution in [3.8, 4) is 5.69 Å². The monoisotopic (exact) mass is 481 g/mol. The summed E-state index contributed by atoms with van der Waals surface area (Å²) in [5, 5.41) is 4.45. The fourth-order valence-corrected chi connectivity index (χ4v) is 4.48. The molecule has 1 amide bonds. The smallest absolute Gasteiger partial charge is 0.266 e. The van der Waals surface area contributed by atoms with E-state index in [1.54, 1.807) is 41.0 Å². The van der Waals surface area contributed by atoms with Gasteiger partial charge in [-0.25, -0.2) is 9.37 Å². The van der Waals surface area contributed by atoms with Gasteiger partial charge in [0.05, 0.1) is 16.6 Å². The molecule has 0 aliphatic heterocycles. The van der Waals surface area contributed by atoms with Crippen molar-refractivity contribution in [2.45, 2.75) is 24.5 Å². The van der Waals surface area contributed by atoms with Crippen LogP contribution in [0.3, 0.4) is 0 Å². The zero-order chi connectivity index (χ0) is 23.2. The number of hydrogen-bond donors (Lipinski definition) is 1. The molecule has 0 saturated carbocycles. The van der Waals surface area contributed by atoms with Crippen molar-refractivity contribution in [3.05, 3.63) is 99.6 Å². The Morgan fingerprint density at radius 1 is 1.06 bits per heavy atom. The summed E-state index contributed by atoms with van der Waals surface area (Å²) in [5.41, 5.74) is 1.94. The first-order valence-corrected chi connectivity index (χ1v) is 11.8. The highest BCUT2D eigenvalue weighted by Crippen LogP contribution is 2.23. The van der Waals surface area contributed by atoms with Gasteiger partial charge in [0, 0.05) is 23.7 Å². The molecule has 1 aromatic heterocycles. The first-order chi connectivity index (χ1) is 16.0. The molecule has 0 fully saturated rings. The van der Waals surface area contributed by atoms with E-state index in [2.05, 4.69) is 5.32 Å². The minimum atomic E-state index is -0.305. The maximum absolute atomic E-state index is 13.2. The predicted molar refractivity (Wildman–Crippen MR) is 131 cm³/mol. The largest absolute Gasteiger partial charge is 0.352 e. The first kappa shape index (κ1) is 23.0. The molecule has 0 bridgehead atoms. The summed E-state index contributed by atoms with van der Waals surface area (Å²) in [6, 6.07) is 20.3. The first-order valence-electron chi connectivity index (χ1n) is 10.4. The number of nitrogens with one attached hydrogen (secondary N) is 1. The lowest BCUT2D eigenvalue weighted by Gasteiger charge is -2.13. The van der Waals surface area contributed by atoms with Gasteiger partial charge in [-0.05, 0) is 54.4 Å². The van der Waals surface area contributed by atoms with Gasteiger partial charge in [-0.3, -0.25) is 14.2 Å². The standard InChI is InChI=1S/C25H21ClFN3O2S/c26-18-5-3-6-20(15-18)30-24(32)21-7-1-2-8-22(21)29-25(30)33-14-4-9-23(31)28-16-17-10-12-19(27)13-11-17/h1-3,5-8,10-13,15H,4,9,14,16H2,(H,28,31). The number of thioether (sulfide) groups is 1. The van der Waals surface area contributed by atoms with Crippen molar-refractivity contribution < 1.29 is 9.18 Å². The Labute approximate surface area is 199 Å². The van der Waals surface area contributed by atoms with Crippen LogP contribution in [0.1, 0.15) is 18.4 Å². The highest BCUT2D eigenvalue weighted by molar-refractivity contribution is 7.99. The van der Waals surface area contributed by atoms with Crippen LogP contribution in [0, 0.1) is 5.82 Å². The molecule has 0 unspecified atom stereocenters. The van der Waals surface area contributed by atoms with Crippen LogP contribution < -0.4 is 10.9 Å². The van der Waals surface area contributed by atoms with Gasteiger partial charge >= 0.3 is 0 Å². The molecule has 0 radical (unpaired) electrons. The van der Waals surface area contributed by atoms with E-state index in [4.69, 9.17) is 16.6 Å². The van der Waals surface area contributed by atoms with Crippen LogP contribution in [0.4, 0.5) is 4.39 Å². The Bertz CT molecular complexity index is 1340. The molecule has 0 spiro atoms. The van der Waals surface area contributed by atoms with Crippen molar-refractivity contribution in [3.63, 3.8) is 0 Å². The number of hydrogen-bond acceptors (Lipinski definition) is 4. The second-order valence-electron chi connectivity index (χ2n) is 7.39. The van der Waals surface area contributed by atoms with Gasteiger partial charge in [0.25, 0.3) is 5.56 Å². The van der Waals surface area contributed by atoms with Crippen LogP contribution in [-0.4, -0.2) is 21.2 Å². The van der Waals surface area contributed by atoms with Gasteiger partial charge in [0.2, 0.25) is 5.91 Å². The third-order valence-corrected chi connectivity index (χ3v) is 6.25. The summed E-state index contributed by atoms with van der Waals surface area (Å²) in [6.45, 7) is 0.354. The normalized spacial score (nSPS) is 11.0. The maximum atomic E-state index is 13.2. The summed E-state index contributed by atoms with van der Waals surface area (Å²) in [6.07, 6.45) is 0.946. The Hall–Kier alpha value is -3.16. The lowest BCUT2D eigenvalue weighted by molar-refractivity contribution is -0.121. The summed E-state index contributed by atoms with van der Waals surface area (Å²) in [5.74, 6) is 0.217. The summed E-state index contributed by atoms with van der Waals surface area (Å²) < 4.78 is 14.5. The fraction of sp³-hybridized carbons (Fsp3) is 0.160. The van der Waals surface area contributed by atoms with Gasteiger partial charge < -0.3 is 5.32 Å². The summed E-state index contributed by atoms with van der Waals surface area (Å²) in [4.78, 5) is 30.1. The minimum absolute atomic E-state index is 0.0846. The molecule has 168 valence electrons. The van der Waals surface area contributed by atoms with Crippen molar-refractivity contribution in [2.75, 3.05) is 5.75 Å². The molecule has 4 aromatic rings. The number of amides is 1. The number of carbonyl (C=O) groups excluding carboxylic acids is 1. The third kappa shape index (κ3) is 5.80. The molecule has 0 saturated heterocycles. The average molecular weight is 482 g/mol. The van der Waals surface area contributed by atoms with Crippen LogP contribution in [0.2, 0.25) is 5.02 Å². The molecular formula is C25H21ClFN3O2S. The minimum Gasteiger partial charge on any atom is -0.352 e. The number of halogens is 2. The molecule has 0 atom stereocenters. The van der Waals surface area contributed by atoms with Crippen molar-refractivity contribution in [1.82, 2.24) is 14.9 Å². The molecule has 8 heteroatoms. The number of benzene rings is 3. The zero-order valence-electron chi connectivity index (χ0n) is 17.6. The molecule has 3 aromatic carbocycles. The Morgan fingerprint density at radius 3 is 2.64 bits per heavy atom. The number of nitrogens with zero attached hydrogens (tertiary/aromatic N) is 2. The molecule has 1 heterocycles. The summed E-state index contributed by atoms with van der Waals surface area (Å²) >= 11 is 7.58. The van der Waals surface area contributed by atoms with E-state index in [0.717, 1.165) is 5.56 Å². The molecule has 0 aliphatic rings. The van der Waals surface area contributed by atoms with Gasteiger partial charge in [-0.15, -0.1) is 0 Å². The van der Waals surface area contributed by atoms with E-state index < -0.39 is 0 Å². The second kappa shape index (κ2) is 10.6. The number of aromatic nitrogens is 2. The van der Waals surface area contributed by atoms with E-state index in [0.29, 0.717) is 51.9 Å². The molecule has 0 aliphatic carbocycles. The lowest BCUT2D eigenvalue weighted by atomic mass is 10.2. The third-order valence-electron chi connectivity index (χ3n) is 4.99.